The van der Waals surface area contributed by atoms with E-state index in [9.17, 15) is 4.79 Å². The highest BCUT2D eigenvalue weighted by molar-refractivity contribution is 5.95. The van der Waals surface area contributed by atoms with Gasteiger partial charge in [-0.25, -0.2) is 0 Å². The van der Waals surface area contributed by atoms with Gasteiger partial charge in [0, 0.05) is 12.1 Å². The number of tetrazole rings is 1. The summed E-state index contributed by atoms with van der Waals surface area (Å²) < 4.78 is 7.16. The lowest BCUT2D eigenvalue weighted by atomic mass is 10.0. The number of carbonyl (C=O) groups is 1. The molecule has 1 unspecified atom stereocenters. The van der Waals surface area contributed by atoms with Gasteiger partial charge in [-0.3, -0.25) is 4.79 Å². The largest absolute Gasteiger partial charge is 0.494 e. The minimum Gasteiger partial charge on any atom is -0.494 e. The summed E-state index contributed by atoms with van der Waals surface area (Å²) >= 11 is 0. The molecule has 1 aromatic heterocycles. The molecule has 28 heavy (non-hydrogen) atoms. The lowest BCUT2D eigenvalue weighted by molar-refractivity contribution is 0.0735. The summed E-state index contributed by atoms with van der Waals surface area (Å²) in [5.74, 6) is 1.56. The van der Waals surface area contributed by atoms with Crippen molar-refractivity contribution in [2.75, 3.05) is 13.2 Å². The molecule has 2 aromatic carbocycles. The Morgan fingerprint density at radius 1 is 1.21 bits per heavy atom. The Hall–Kier alpha value is -3.22. The highest BCUT2D eigenvalue weighted by Gasteiger charge is 2.30. The molecule has 4 rings (SSSR count). The van der Waals surface area contributed by atoms with Crippen LogP contribution in [-0.2, 0) is 0 Å². The van der Waals surface area contributed by atoms with Crippen molar-refractivity contribution < 1.29 is 9.53 Å². The van der Waals surface area contributed by atoms with Crippen LogP contribution in [0.2, 0.25) is 0 Å². The first-order valence-corrected chi connectivity index (χ1v) is 9.56. The number of rotatable bonds is 5. The van der Waals surface area contributed by atoms with Gasteiger partial charge >= 0.3 is 0 Å². The monoisotopic (exact) mass is 377 g/mol. The molecule has 0 bridgehead atoms. The summed E-state index contributed by atoms with van der Waals surface area (Å²) in [6.45, 7) is 5.20. The average molecular weight is 377 g/mol. The Morgan fingerprint density at radius 3 is 2.75 bits per heavy atom. The van der Waals surface area contributed by atoms with E-state index in [1.807, 2.05) is 55.1 Å². The Labute approximate surface area is 163 Å². The predicted molar refractivity (Wildman–Crippen MR) is 105 cm³/mol. The van der Waals surface area contributed by atoms with E-state index in [1.54, 1.807) is 4.68 Å². The van der Waals surface area contributed by atoms with Crippen molar-refractivity contribution in [1.29, 1.82) is 0 Å². The van der Waals surface area contributed by atoms with Crippen LogP contribution < -0.4 is 4.74 Å². The van der Waals surface area contributed by atoms with Crippen molar-refractivity contribution in [2.45, 2.75) is 32.7 Å². The van der Waals surface area contributed by atoms with Crippen LogP contribution in [0, 0.1) is 6.92 Å². The molecule has 0 saturated carbocycles. The van der Waals surface area contributed by atoms with Crippen LogP contribution >= 0.6 is 0 Å². The minimum atomic E-state index is 0.0314. The summed E-state index contributed by atoms with van der Waals surface area (Å²) in [5.41, 5.74) is 2.57. The van der Waals surface area contributed by atoms with Crippen LogP contribution in [0.4, 0.5) is 0 Å². The number of carbonyl (C=O) groups excluding carboxylic acids is 1. The molecule has 7 heteroatoms. The maximum atomic E-state index is 13.2. The number of aryl methyl sites for hydroxylation is 1. The Bertz CT molecular complexity index is 967. The number of hydrogen-bond donors (Lipinski definition) is 0. The minimum absolute atomic E-state index is 0.0314. The summed E-state index contributed by atoms with van der Waals surface area (Å²) in [7, 11) is 0. The molecule has 0 spiro atoms. The first kappa shape index (κ1) is 18.2. The van der Waals surface area contributed by atoms with Gasteiger partial charge in [-0.1, -0.05) is 18.2 Å². The third-order valence-corrected chi connectivity index (χ3v) is 5.05. The standard InChI is InChI=1S/C21H23N5O2/c1-3-28-19-11-9-16(10-12-19)20-8-5-13-25(20)21(27)17-6-4-7-18(14-17)26-15(2)22-23-24-26/h4,6-7,9-12,14,20H,3,5,8,13H2,1-2H3. The smallest absolute Gasteiger partial charge is 0.254 e. The lowest BCUT2D eigenvalue weighted by Crippen LogP contribution is -2.30. The summed E-state index contributed by atoms with van der Waals surface area (Å²) in [5, 5.41) is 11.6. The molecule has 0 N–H and O–H groups in total. The fourth-order valence-corrected chi connectivity index (χ4v) is 3.72. The number of aromatic nitrogens is 4. The topological polar surface area (TPSA) is 73.1 Å². The zero-order chi connectivity index (χ0) is 19.5. The first-order chi connectivity index (χ1) is 13.7. The Kier molecular flexibility index (Phi) is 5.06. The number of ether oxygens (including phenoxy) is 1. The lowest BCUT2D eigenvalue weighted by Gasteiger charge is -2.25. The van der Waals surface area contributed by atoms with Crippen molar-refractivity contribution >= 4 is 5.91 Å². The van der Waals surface area contributed by atoms with Gasteiger partial charge in [0.25, 0.3) is 5.91 Å². The van der Waals surface area contributed by atoms with E-state index < -0.39 is 0 Å². The van der Waals surface area contributed by atoms with E-state index >= 15 is 0 Å². The van der Waals surface area contributed by atoms with Crippen LogP contribution in [0.1, 0.15) is 47.6 Å². The molecule has 7 nitrogen and oxygen atoms in total. The van der Waals surface area contributed by atoms with Crippen molar-refractivity contribution in [1.82, 2.24) is 25.1 Å². The molecule has 1 aliphatic rings. The molecule has 1 aliphatic heterocycles. The van der Waals surface area contributed by atoms with E-state index in [4.69, 9.17) is 4.74 Å². The van der Waals surface area contributed by atoms with E-state index in [0.29, 0.717) is 18.0 Å². The van der Waals surface area contributed by atoms with Crippen LogP contribution in [0.15, 0.2) is 48.5 Å². The van der Waals surface area contributed by atoms with E-state index in [0.717, 1.165) is 36.4 Å². The van der Waals surface area contributed by atoms with Gasteiger partial charge in [0.15, 0.2) is 5.82 Å². The fraction of sp³-hybridized carbons (Fsp3) is 0.333. The molecule has 1 fully saturated rings. The van der Waals surface area contributed by atoms with Gasteiger partial charge < -0.3 is 9.64 Å². The zero-order valence-electron chi connectivity index (χ0n) is 16.1. The van der Waals surface area contributed by atoms with Crippen molar-refractivity contribution in [3.8, 4) is 11.4 Å². The maximum Gasteiger partial charge on any atom is 0.254 e. The van der Waals surface area contributed by atoms with E-state index in [-0.39, 0.29) is 11.9 Å². The van der Waals surface area contributed by atoms with Gasteiger partial charge in [-0.05, 0) is 73.0 Å². The van der Waals surface area contributed by atoms with Crippen LogP contribution in [-0.4, -0.2) is 44.2 Å². The summed E-state index contributed by atoms with van der Waals surface area (Å²) in [6, 6.07) is 15.6. The molecule has 2 heterocycles. The fourth-order valence-electron chi connectivity index (χ4n) is 3.72. The maximum absolute atomic E-state index is 13.2. The summed E-state index contributed by atoms with van der Waals surface area (Å²) in [6.07, 6.45) is 1.96. The zero-order valence-corrected chi connectivity index (χ0v) is 16.1. The molecule has 1 amide bonds. The predicted octanol–water partition coefficient (Wildman–Crippen LogP) is 3.35. The highest BCUT2D eigenvalue weighted by atomic mass is 16.5. The second-order valence-electron chi connectivity index (χ2n) is 6.85. The van der Waals surface area contributed by atoms with Crippen LogP contribution in [0.3, 0.4) is 0 Å². The number of amides is 1. The third kappa shape index (κ3) is 3.47. The molecule has 1 atom stereocenters. The third-order valence-electron chi connectivity index (χ3n) is 5.05. The first-order valence-electron chi connectivity index (χ1n) is 9.56. The SMILES string of the molecule is CCOc1ccc(C2CCCN2C(=O)c2cccc(-n3nnnc3C)c2)cc1. The molecule has 1 saturated heterocycles. The van der Waals surface area contributed by atoms with Crippen molar-refractivity contribution in [3.63, 3.8) is 0 Å². The van der Waals surface area contributed by atoms with E-state index in [1.165, 1.54) is 0 Å². The average Bonchev–Trinajstić information content (AvgIpc) is 3.37. The van der Waals surface area contributed by atoms with Gasteiger partial charge in [0.2, 0.25) is 0 Å². The molecular weight excluding hydrogens is 354 g/mol. The molecular formula is C21H23N5O2. The Balaban J connectivity index is 1.58. The van der Waals surface area contributed by atoms with Gasteiger partial charge in [-0.2, -0.15) is 4.68 Å². The number of nitrogens with zero attached hydrogens (tertiary/aromatic N) is 5. The van der Waals surface area contributed by atoms with Crippen molar-refractivity contribution in [3.05, 3.63) is 65.5 Å². The second kappa shape index (κ2) is 7.80. The van der Waals surface area contributed by atoms with Gasteiger partial charge in [0.1, 0.15) is 5.75 Å². The second-order valence-corrected chi connectivity index (χ2v) is 6.85. The highest BCUT2D eigenvalue weighted by Crippen LogP contribution is 2.34. The molecule has 0 radical (unpaired) electrons. The van der Waals surface area contributed by atoms with Crippen molar-refractivity contribution in [2.24, 2.45) is 0 Å². The number of hydrogen-bond acceptors (Lipinski definition) is 5. The van der Waals surface area contributed by atoms with Crippen LogP contribution in [0.25, 0.3) is 5.69 Å². The Morgan fingerprint density at radius 2 is 2.04 bits per heavy atom. The normalized spacial score (nSPS) is 16.4. The molecule has 0 aliphatic carbocycles. The molecule has 144 valence electrons. The van der Waals surface area contributed by atoms with E-state index in [2.05, 4.69) is 27.7 Å². The quantitative estimate of drug-likeness (QED) is 0.682. The van der Waals surface area contributed by atoms with Gasteiger partial charge in [0.05, 0.1) is 18.3 Å². The van der Waals surface area contributed by atoms with Gasteiger partial charge in [-0.15, -0.1) is 5.10 Å². The van der Waals surface area contributed by atoms with Crippen LogP contribution in [0.5, 0.6) is 5.75 Å². The molecule has 3 aromatic rings. The number of benzene rings is 2. The number of likely N-dealkylation sites (tertiary alicyclic amines) is 1. The summed E-state index contributed by atoms with van der Waals surface area (Å²) in [4.78, 5) is 15.2.